The molecule has 0 fully saturated rings. The molecule has 37 valence electrons. The molecule has 0 heterocycles. The zero-order valence-electron chi connectivity index (χ0n) is 3.94. The second-order valence-corrected chi connectivity index (χ2v) is 1.75. The van der Waals surface area contributed by atoms with Crippen molar-refractivity contribution in [3.8, 4) is 0 Å². The van der Waals surface area contributed by atoms with Crippen LogP contribution in [0.4, 0.5) is 0 Å². The summed E-state index contributed by atoms with van der Waals surface area (Å²) in [7, 11) is 0. The van der Waals surface area contributed by atoms with Gasteiger partial charge in [-0.1, -0.05) is 0 Å². The number of hydrogen-bond donors (Lipinski definition) is 0. The molecule has 0 aromatic carbocycles. The van der Waals surface area contributed by atoms with Gasteiger partial charge in [-0.15, -0.1) is 0 Å². The molecule has 6 heavy (non-hydrogen) atoms. The van der Waals surface area contributed by atoms with Gasteiger partial charge in [-0.2, -0.15) is 0 Å². The first kappa shape index (κ1) is 6.65. The summed E-state index contributed by atoms with van der Waals surface area (Å²) in [6.07, 6.45) is 2.43. The Balaban J connectivity index is 2.34. The fourth-order valence-electron chi connectivity index (χ4n) is 0.203. The zero-order chi connectivity index (χ0) is 4.83. The Hall–Kier alpha value is 0.648. The average Bonchev–Trinajstić information content (AvgIpc) is 1.61. The van der Waals surface area contributed by atoms with Crippen LogP contribution in [-0.2, 0) is 23.6 Å². The van der Waals surface area contributed by atoms with E-state index < -0.39 is 0 Å². The summed E-state index contributed by atoms with van der Waals surface area (Å²) in [6, 6.07) is 0. The van der Waals surface area contributed by atoms with Crippen molar-refractivity contribution in [2.75, 3.05) is 6.61 Å². The summed E-state index contributed by atoms with van der Waals surface area (Å²) in [4.78, 5) is 0. The van der Waals surface area contributed by atoms with Gasteiger partial charge >= 0.3 is 50.0 Å². The first-order chi connectivity index (χ1) is 2.91. The van der Waals surface area contributed by atoms with Crippen LogP contribution in [0.25, 0.3) is 0 Å². The summed E-state index contributed by atoms with van der Waals surface area (Å²) in [6.45, 7) is 3.07. The predicted octanol–water partition coefficient (Wildman–Crippen LogP) is 1.26. The Bertz CT molecular complexity index is 19.5. The third-order valence-electron chi connectivity index (χ3n) is 0.581. The molecule has 0 amide bonds. The van der Waals surface area contributed by atoms with Crippen molar-refractivity contribution >= 4 is 0 Å². The van der Waals surface area contributed by atoms with Gasteiger partial charge in [0, 0.05) is 0 Å². The van der Waals surface area contributed by atoms with E-state index in [4.69, 9.17) is 3.39 Å². The van der Waals surface area contributed by atoms with Crippen LogP contribution in [-0.4, -0.2) is 6.61 Å². The van der Waals surface area contributed by atoms with E-state index in [-0.39, 0.29) is 0 Å². The Labute approximate surface area is 50.4 Å². The van der Waals surface area contributed by atoms with Crippen LogP contribution in [0, 0.1) is 0 Å². The monoisotopic (exact) mass is 171 g/mol. The second kappa shape index (κ2) is 5.65. The molecule has 0 bridgehead atoms. The van der Waals surface area contributed by atoms with Crippen LogP contribution in [0.5, 0.6) is 0 Å². The Morgan fingerprint density at radius 3 is 2.50 bits per heavy atom. The van der Waals surface area contributed by atoms with E-state index in [1.54, 1.807) is 20.2 Å². The molecule has 0 unspecified atom stereocenters. The van der Waals surface area contributed by atoms with Crippen molar-refractivity contribution in [2.45, 2.75) is 19.8 Å². The molecule has 0 saturated heterocycles. The number of rotatable bonds is 3. The van der Waals surface area contributed by atoms with E-state index >= 15 is 0 Å². The standard InChI is InChI=1S/C4H9O.Mo/c1-2-3-4-5;/h2-4H2,1H3;/q-1;+1. The first-order valence-electron chi connectivity index (χ1n) is 2.16. The molecule has 0 N–H and O–H groups in total. The number of hydrogen-bond acceptors (Lipinski definition) is 1. The molecule has 0 atom stereocenters. The van der Waals surface area contributed by atoms with Crippen LogP contribution < -0.4 is 0 Å². The van der Waals surface area contributed by atoms with Gasteiger partial charge in [-0.3, -0.25) is 0 Å². The average molecular weight is 169 g/mol. The van der Waals surface area contributed by atoms with Crippen molar-refractivity contribution in [3.63, 3.8) is 0 Å². The maximum absolute atomic E-state index is 4.79. The Morgan fingerprint density at radius 1 is 1.67 bits per heavy atom. The van der Waals surface area contributed by atoms with Gasteiger partial charge in [0.2, 0.25) is 0 Å². The first-order valence-corrected chi connectivity index (χ1v) is 2.98. The van der Waals surface area contributed by atoms with E-state index in [1.807, 2.05) is 0 Å². The molecule has 0 spiro atoms. The van der Waals surface area contributed by atoms with Gasteiger partial charge in [-0.05, 0) is 0 Å². The van der Waals surface area contributed by atoms with Gasteiger partial charge in [0.25, 0.3) is 0 Å². The summed E-state index contributed by atoms with van der Waals surface area (Å²) in [5.41, 5.74) is 0. The molecule has 0 rings (SSSR count). The minimum absolute atomic E-state index is 0.918. The molecule has 0 aromatic heterocycles. The third-order valence-corrected chi connectivity index (χ3v) is 0.991. The van der Waals surface area contributed by atoms with E-state index in [2.05, 4.69) is 6.92 Å². The van der Waals surface area contributed by atoms with Crippen LogP contribution in [0.15, 0.2) is 0 Å². The van der Waals surface area contributed by atoms with Gasteiger partial charge in [0.05, 0.1) is 0 Å². The van der Waals surface area contributed by atoms with E-state index in [1.165, 1.54) is 12.8 Å². The van der Waals surface area contributed by atoms with E-state index in [0.717, 1.165) is 6.61 Å². The van der Waals surface area contributed by atoms with Gasteiger partial charge < -0.3 is 0 Å². The van der Waals surface area contributed by atoms with E-state index in [9.17, 15) is 0 Å². The molecule has 1 nitrogen and oxygen atoms in total. The summed E-state index contributed by atoms with van der Waals surface area (Å²) >= 11 is 1.67. The van der Waals surface area contributed by atoms with Crippen LogP contribution in [0.2, 0.25) is 0 Å². The molecule has 0 saturated carbocycles. The van der Waals surface area contributed by atoms with Crippen LogP contribution in [0.3, 0.4) is 0 Å². The fraction of sp³-hybridized carbons (Fsp3) is 1.00. The molecule has 0 aliphatic carbocycles. The van der Waals surface area contributed by atoms with Crippen molar-refractivity contribution < 1.29 is 23.6 Å². The molecule has 0 aliphatic rings. The molecule has 2 heteroatoms. The predicted molar refractivity (Wildman–Crippen MR) is 20.9 cm³/mol. The SMILES string of the molecule is CCCC[O][Mo]. The van der Waals surface area contributed by atoms with Crippen molar-refractivity contribution in [1.82, 2.24) is 0 Å². The Morgan fingerprint density at radius 2 is 2.33 bits per heavy atom. The van der Waals surface area contributed by atoms with Crippen LogP contribution >= 0.6 is 0 Å². The topological polar surface area (TPSA) is 9.23 Å². The molecular weight excluding hydrogens is 160 g/mol. The quantitative estimate of drug-likeness (QED) is 0.456. The molecule has 0 aliphatic heterocycles. The number of unbranched alkanes of at least 4 members (excludes halogenated alkanes) is 1. The van der Waals surface area contributed by atoms with Gasteiger partial charge in [0.15, 0.2) is 0 Å². The van der Waals surface area contributed by atoms with E-state index in [0.29, 0.717) is 0 Å². The third kappa shape index (κ3) is 4.65. The summed E-state index contributed by atoms with van der Waals surface area (Å²) < 4.78 is 4.79. The van der Waals surface area contributed by atoms with Crippen molar-refractivity contribution in [2.24, 2.45) is 0 Å². The zero-order valence-corrected chi connectivity index (χ0v) is 5.94. The molecule has 0 radical (unpaired) electrons. The van der Waals surface area contributed by atoms with Gasteiger partial charge in [-0.25, -0.2) is 0 Å². The summed E-state index contributed by atoms with van der Waals surface area (Å²) in [5.74, 6) is 0. The van der Waals surface area contributed by atoms with Crippen molar-refractivity contribution in [1.29, 1.82) is 0 Å². The molecule has 0 aromatic rings. The normalized spacial score (nSPS) is 8.83. The summed E-state index contributed by atoms with van der Waals surface area (Å²) in [5, 5.41) is 0. The maximum atomic E-state index is 4.79. The Kier molecular flexibility index (Phi) is 6.26. The van der Waals surface area contributed by atoms with Crippen molar-refractivity contribution in [3.05, 3.63) is 0 Å². The van der Waals surface area contributed by atoms with Gasteiger partial charge in [0.1, 0.15) is 0 Å². The molecular formula is C4H9MoO. The second-order valence-electron chi connectivity index (χ2n) is 1.18. The van der Waals surface area contributed by atoms with Crippen LogP contribution in [0.1, 0.15) is 19.8 Å². The fourth-order valence-corrected chi connectivity index (χ4v) is 0.493. The minimum atomic E-state index is 0.918.